The molecule has 1 aromatic carbocycles. The van der Waals surface area contributed by atoms with Gasteiger partial charge >= 0.3 is 0 Å². The van der Waals surface area contributed by atoms with Crippen molar-refractivity contribution in [2.45, 2.75) is 76.0 Å². The van der Waals surface area contributed by atoms with E-state index in [-0.39, 0.29) is 23.1 Å². The third-order valence-electron chi connectivity index (χ3n) is 10.4. The van der Waals surface area contributed by atoms with E-state index in [1.807, 2.05) is 32.1 Å². The van der Waals surface area contributed by atoms with Crippen LogP contribution >= 0.6 is 0 Å². The standard InChI is InChI=1S/C27H33N3O4/c1-15-8-10-30-14-25-13-26(24(4,5)18(25)12-27(15,30)22(32)29-25)16-6-7-17-20(19(16)28-21(26)31)33-11-9-23(2,3)34-17/h6-7,9,11,15,18H,8,10,12-14H2,1-5H3,(H,28,31)(H,29,32)/t15-,18-,25+,26+,27+/m0/s1. The van der Waals surface area contributed by atoms with Crippen LogP contribution in [0.4, 0.5) is 5.69 Å². The van der Waals surface area contributed by atoms with Crippen molar-refractivity contribution < 1.29 is 19.1 Å². The number of nitrogens with one attached hydrogen (secondary N) is 2. The molecule has 6 aliphatic heterocycles. The van der Waals surface area contributed by atoms with Crippen molar-refractivity contribution >= 4 is 17.5 Å². The van der Waals surface area contributed by atoms with Gasteiger partial charge in [-0.1, -0.05) is 26.8 Å². The fourth-order valence-corrected chi connectivity index (χ4v) is 8.68. The minimum atomic E-state index is -0.751. The number of carbonyl (C=O) groups is 2. The van der Waals surface area contributed by atoms with E-state index >= 15 is 0 Å². The van der Waals surface area contributed by atoms with E-state index < -0.39 is 22.1 Å². The van der Waals surface area contributed by atoms with Gasteiger partial charge in [-0.15, -0.1) is 0 Å². The van der Waals surface area contributed by atoms with Crippen LogP contribution in [0.25, 0.3) is 0 Å². The molecule has 1 aliphatic carbocycles. The second-order valence-electron chi connectivity index (χ2n) is 12.6. The minimum absolute atomic E-state index is 0.00386. The minimum Gasteiger partial charge on any atom is -0.480 e. The predicted octanol–water partition coefficient (Wildman–Crippen LogP) is 3.34. The smallest absolute Gasteiger partial charge is 0.241 e. The first-order chi connectivity index (χ1) is 16.0. The Hall–Kier alpha value is -2.54. The third-order valence-corrected chi connectivity index (χ3v) is 10.4. The number of piperazine rings is 1. The first kappa shape index (κ1) is 20.8. The Morgan fingerprint density at radius 2 is 1.91 bits per heavy atom. The molecule has 0 unspecified atom stereocenters. The molecule has 7 aliphatic rings. The Labute approximate surface area is 200 Å². The van der Waals surface area contributed by atoms with Gasteiger partial charge in [-0.2, -0.15) is 0 Å². The monoisotopic (exact) mass is 463 g/mol. The highest BCUT2D eigenvalue weighted by Gasteiger charge is 2.78. The van der Waals surface area contributed by atoms with E-state index in [2.05, 4.69) is 36.3 Å². The van der Waals surface area contributed by atoms with Crippen LogP contribution in [0.5, 0.6) is 11.5 Å². The summed E-state index contributed by atoms with van der Waals surface area (Å²) in [7, 11) is 0. The number of piperidine rings is 2. The van der Waals surface area contributed by atoms with E-state index in [1.54, 1.807) is 6.26 Å². The molecule has 4 saturated heterocycles. The lowest BCUT2D eigenvalue weighted by molar-refractivity contribution is -0.160. The summed E-state index contributed by atoms with van der Waals surface area (Å²) < 4.78 is 12.2. The highest BCUT2D eigenvalue weighted by atomic mass is 16.5. The van der Waals surface area contributed by atoms with E-state index in [4.69, 9.17) is 9.47 Å². The number of ether oxygens (including phenoxy) is 2. The van der Waals surface area contributed by atoms with Gasteiger partial charge in [0.25, 0.3) is 0 Å². The molecule has 3 spiro atoms. The van der Waals surface area contributed by atoms with Crippen LogP contribution in [0.15, 0.2) is 24.5 Å². The average Bonchev–Trinajstić information content (AvgIpc) is 3.25. The van der Waals surface area contributed by atoms with E-state index in [0.717, 1.165) is 31.5 Å². The van der Waals surface area contributed by atoms with E-state index in [0.29, 0.717) is 29.5 Å². The summed E-state index contributed by atoms with van der Waals surface area (Å²) >= 11 is 0. The molecule has 5 atom stereocenters. The van der Waals surface area contributed by atoms with Crippen molar-refractivity contribution in [3.05, 3.63) is 30.0 Å². The molecule has 2 bridgehead atoms. The second kappa shape index (κ2) is 5.81. The summed E-state index contributed by atoms with van der Waals surface area (Å²) in [6.45, 7) is 12.4. The van der Waals surface area contributed by atoms with Crippen molar-refractivity contribution in [3.63, 3.8) is 0 Å². The molecule has 1 saturated carbocycles. The van der Waals surface area contributed by atoms with Gasteiger partial charge in [-0.05, 0) is 74.6 Å². The van der Waals surface area contributed by atoms with Gasteiger partial charge in [-0.25, -0.2) is 0 Å². The molecule has 180 valence electrons. The molecule has 6 heterocycles. The lowest BCUT2D eigenvalue weighted by Gasteiger charge is -2.61. The molecule has 0 radical (unpaired) electrons. The number of amides is 2. The summed E-state index contributed by atoms with van der Waals surface area (Å²) in [4.78, 5) is 30.0. The SMILES string of the molecule is C[C@H]1CCN2C[C@]34C[C@@]5(C(=O)Nc6c5ccc5c6OC=CC(C)(C)O5)C(C)(C)[C@@H]3C[C@]12C(=O)N4. The maximum Gasteiger partial charge on any atom is 0.241 e. The number of hydrogen-bond acceptors (Lipinski definition) is 5. The van der Waals surface area contributed by atoms with Crippen molar-refractivity contribution in [1.82, 2.24) is 10.2 Å². The average molecular weight is 464 g/mol. The number of carbonyl (C=O) groups excluding carboxylic acids is 2. The van der Waals surface area contributed by atoms with Crippen LogP contribution in [-0.2, 0) is 15.0 Å². The van der Waals surface area contributed by atoms with E-state index in [1.165, 1.54) is 0 Å². The summed E-state index contributed by atoms with van der Waals surface area (Å²) in [5.74, 6) is 1.89. The zero-order valence-electron chi connectivity index (χ0n) is 20.6. The van der Waals surface area contributed by atoms with Gasteiger partial charge in [0.05, 0.1) is 22.9 Å². The van der Waals surface area contributed by atoms with Gasteiger partial charge in [0.15, 0.2) is 11.5 Å². The van der Waals surface area contributed by atoms with Gasteiger partial charge in [0.2, 0.25) is 11.8 Å². The second-order valence-corrected chi connectivity index (χ2v) is 12.6. The Kier molecular flexibility index (Phi) is 3.55. The molecule has 2 amide bonds. The van der Waals surface area contributed by atoms with Crippen molar-refractivity contribution in [1.29, 1.82) is 0 Å². The van der Waals surface area contributed by atoms with Gasteiger partial charge in [0.1, 0.15) is 11.1 Å². The number of hydrogen-bond donors (Lipinski definition) is 2. The molecule has 0 aromatic heterocycles. The fraction of sp³-hybridized carbons (Fsp3) is 0.630. The van der Waals surface area contributed by atoms with Crippen LogP contribution in [0.1, 0.15) is 59.4 Å². The van der Waals surface area contributed by atoms with Crippen LogP contribution in [0.3, 0.4) is 0 Å². The Morgan fingerprint density at radius 1 is 1.12 bits per heavy atom. The third kappa shape index (κ3) is 2.07. The Bertz CT molecular complexity index is 1200. The lowest BCUT2D eigenvalue weighted by atomic mass is 9.56. The number of benzene rings is 1. The highest BCUT2D eigenvalue weighted by molar-refractivity contribution is 6.09. The van der Waals surface area contributed by atoms with Crippen LogP contribution in [0, 0.1) is 17.3 Å². The highest BCUT2D eigenvalue weighted by Crippen LogP contribution is 2.71. The van der Waals surface area contributed by atoms with Crippen LogP contribution in [-0.4, -0.2) is 46.5 Å². The van der Waals surface area contributed by atoms with Crippen molar-refractivity contribution in [2.24, 2.45) is 17.3 Å². The largest absolute Gasteiger partial charge is 0.480 e. The number of rotatable bonds is 0. The maximum absolute atomic E-state index is 14.0. The lowest BCUT2D eigenvalue weighted by Crippen LogP contribution is -2.79. The van der Waals surface area contributed by atoms with E-state index in [9.17, 15) is 9.59 Å². The predicted molar refractivity (Wildman–Crippen MR) is 127 cm³/mol. The molecule has 34 heavy (non-hydrogen) atoms. The summed E-state index contributed by atoms with van der Waals surface area (Å²) in [6, 6.07) is 3.98. The normalized spacial score (nSPS) is 42.1. The van der Waals surface area contributed by atoms with Gasteiger partial charge in [0, 0.05) is 6.54 Å². The molecule has 2 N–H and O–H groups in total. The molecule has 5 fully saturated rings. The molecule has 1 aromatic rings. The first-order valence-corrected chi connectivity index (χ1v) is 12.6. The van der Waals surface area contributed by atoms with Gasteiger partial charge in [-0.3, -0.25) is 14.5 Å². The first-order valence-electron chi connectivity index (χ1n) is 12.6. The van der Waals surface area contributed by atoms with Crippen LogP contribution < -0.4 is 20.1 Å². The Morgan fingerprint density at radius 3 is 2.71 bits per heavy atom. The molecule has 7 heteroatoms. The van der Waals surface area contributed by atoms with Crippen molar-refractivity contribution in [2.75, 3.05) is 18.4 Å². The van der Waals surface area contributed by atoms with Gasteiger partial charge < -0.3 is 20.1 Å². The maximum atomic E-state index is 14.0. The number of fused-ring (bicyclic) bond motifs is 5. The summed E-state index contributed by atoms with van der Waals surface area (Å²) in [6.07, 6.45) is 6.00. The van der Waals surface area contributed by atoms with Crippen LogP contribution in [0.2, 0.25) is 0 Å². The number of nitrogens with zero attached hydrogens (tertiary/aromatic N) is 1. The zero-order chi connectivity index (χ0) is 23.9. The molecular formula is C27H33N3O4. The quantitative estimate of drug-likeness (QED) is 0.617. The molecule has 8 rings (SSSR count). The number of anilines is 1. The Balaban J connectivity index is 1.39. The fourth-order valence-electron chi connectivity index (χ4n) is 8.68. The topological polar surface area (TPSA) is 79.9 Å². The summed E-state index contributed by atoms with van der Waals surface area (Å²) in [5.41, 5.74) is -0.784. The molecule has 7 nitrogen and oxygen atoms in total. The van der Waals surface area contributed by atoms with Crippen molar-refractivity contribution in [3.8, 4) is 11.5 Å². The summed E-state index contributed by atoms with van der Waals surface area (Å²) in [5, 5.41) is 6.70. The molecular weight excluding hydrogens is 430 g/mol. The zero-order valence-corrected chi connectivity index (χ0v) is 20.6.